The second kappa shape index (κ2) is 7.70. The molecule has 2 aromatic carbocycles. The van der Waals surface area contributed by atoms with Gasteiger partial charge in [-0.25, -0.2) is 4.99 Å². The highest BCUT2D eigenvalue weighted by molar-refractivity contribution is 5.97. The average Bonchev–Trinajstić information content (AvgIpc) is 2.72. The third-order valence-corrected chi connectivity index (χ3v) is 5.08. The predicted octanol–water partition coefficient (Wildman–Crippen LogP) is 2.39. The molecule has 0 radical (unpaired) electrons. The van der Waals surface area contributed by atoms with Crippen LogP contribution in [0.5, 0.6) is 5.75 Å². The second-order valence-corrected chi connectivity index (χ2v) is 6.85. The highest BCUT2D eigenvalue weighted by Gasteiger charge is 2.23. The SMILES string of the molecule is NC(=NCC(=O)N1CCCc2ccccc21)NC1CCOc2ccccc21. The third-order valence-electron chi connectivity index (χ3n) is 5.08. The van der Waals surface area contributed by atoms with Gasteiger partial charge >= 0.3 is 0 Å². The largest absolute Gasteiger partial charge is 0.493 e. The molecule has 2 aliphatic heterocycles. The number of carbonyl (C=O) groups is 1. The highest BCUT2D eigenvalue weighted by atomic mass is 16.5. The van der Waals surface area contributed by atoms with Gasteiger partial charge in [0, 0.05) is 24.2 Å². The Kier molecular flexibility index (Phi) is 4.96. The predicted molar refractivity (Wildman–Crippen MR) is 106 cm³/mol. The van der Waals surface area contributed by atoms with Gasteiger partial charge in [-0.2, -0.15) is 0 Å². The van der Waals surface area contributed by atoms with Crippen LogP contribution in [0.3, 0.4) is 0 Å². The topological polar surface area (TPSA) is 80.0 Å². The Morgan fingerprint density at radius 2 is 2.04 bits per heavy atom. The minimum atomic E-state index is -0.0284. The normalized spacial score (nSPS) is 18.9. The Labute approximate surface area is 159 Å². The standard InChI is InChI=1S/C21H24N4O2/c22-21(24-17-11-13-27-19-10-4-2-8-16(17)19)23-14-20(26)25-12-5-7-15-6-1-3-9-18(15)25/h1-4,6,8-10,17H,5,7,11-14H2,(H3,22,23,24). The number of nitrogens with one attached hydrogen (secondary N) is 1. The number of nitrogens with two attached hydrogens (primary N) is 1. The van der Waals surface area contributed by atoms with E-state index in [2.05, 4.69) is 16.4 Å². The molecular weight excluding hydrogens is 340 g/mol. The van der Waals surface area contributed by atoms with Gasteiger partial charge in [0.15, 0.2) is 5.96 Å². The first-order chi connectivity index (χ1) is 13.2. The van der Waals surface area contributed by atoms with E-state index in [1.165, 1.54) is 5.56 Å². The average molecular weight is 364 g/mol. The van der Waals surface area contributed by atoms with Crippen LogP contribution in [-0.4, -0.2) is 31.6 Å². The van der Waals surface area contributed by atoms with Crippen LogP contribution in [-0.2, 0) is 11.2 Å². The number of nitrogens with zero attached hydrogens (tertiary/aromatic N) is 2. The summed E-state index contributed by atoms with van der Waals surface area (Å²) in [6.07, 6.45) is 2.79. The fourth-order valence-electron chi connectivity index (χ4n) is 3.75. The van der Waals surface area contributed by atoms with Gasteiger partial charge in [0.05, 0.1) is 12.6 Å². The van der Waals surface area contributed by atoms with Gasteiger partial charge in [-0.15, -0.1) is 0 Å². The first-order valence-corrected chi connectivity index (χ1v) is 9.39. The quantitative estimate of drug-likeness (QED) is 0.647. The Balaban J connectivity index is 1.41. The molecule has 1 amide bonds. The summed E-state index contributed by atoms with van der Waals surface area (Å²) in [5.41, 5.74) is 9.34. The van der Waals surface area contributed by atoms with Gasteiger partial charge in [-0.05, 0) is 30.5 Å². The molecule has 1 unspecified atom stereocenters. The van der Waals surface area contributed by atoms with Crippen molar-refractivity contribution < 1.29 is 9.53 Å². The van der Waals surface area contributed by atoms with E-state index in [1.807, 2.05) is 47.4 Å². The minimum absolute atomic E-state index is 0.0284. The van der Waals surface area contributed by atoms with E-state index in [9.17, 15) is 4.79 Å². The van der Waals surface area contributed by atoms with Crippen molar-refractivity contribution in [1.29, 1.82) is 0 Å². The molecule has 0 saturated heterocycles. The van der Waals surface area contributed by atoms with Crippen molar-refractivity contribution in [3.63, 3.8) is 0 Å². The summed E-state index contributed by atoms with van der Waals surface area (Å²) in [4.78, 5) is 18.8. The summed E-state index contributed by atoms with van der Waals surface area (Å²) in [6, 6.07) is 16.0. The lowest BCUT2D eigenvalue weighted by Crippen LogP contribution is -2.40. The number of aryl methyl sites for hydroxylation is 1. The fraction of sp³-hybridized carbons (Fsp3) is 0.333. The molecule has 6 nitrogen and oxygen atoms in total. The number of para-hydroxylation sites is 2. The van der Waals surface area contributed by atoms with Crippen LogP contribution in [0.4, 0.5) is 5.69 Å². The van der Waals surface area contributed by atoms with E-state index in [0.29, 0.717) is 6.61 Å². The molecule has 6 heteroatoms. The van der Waals surface area contributed by atoms with Crippen LogP contribution in [0.1, 0.15) is 30.0 Å². The van der Waals surface area contributed by atoms with E-state index in [4.69, 9.17) is 10.5 Å². The maximum Gasteiger partial charge on any atom is 0.248 e. The monoisotopic (exact) mass is 364 g/mol. The van der Waals surface area contributed by atoms with Crippen molar-refractivity contribution in [3.8, 4) is 5.75 Å². The molecule has 2 aromatic rings. The van der Waals surface area contributed by atoms with Gasteiger partial charge in [0.25, 0.3) is 0 Å². The maximum atomic E-state index is 12.7. The Morgan fingerprint density at radius 3 is 2.96 bits per heavy atom. The number of aliphatic imine (C=N–C) groups is 1. The lowest BCUT2D eigenvalue weighted by molar-refractivity contribution is -0.117. The molecule has 0 fully saturated rings. The third kappa shape index (κ3) is 3.74. The highest BCUT2D eigenvalue weighted by Crippen LogP contribution is 2.31. The van der Waals surface area contributed by atoms with Crippen molar-refractivity contribution in [3.05, 3.63) is 59.7 Å². The zero-order chi connectivity index (χ0) is 18.6. The number of amides is 1. The molecule has 0 aliphatic carbocycles. The van der Waals surface area contributed by atoms with Crippen molar-refractivity contribution in [2.24, 2.45) is 10.7 Å². The van der Waals surface area contributed by atoms with Crippen molar-refractivity contribution in [1.82, 2.24) is 5.32 Å². The van der Waals surface area contributed by atoms with Crippen LogP contribution in [0, 0.1) is 0 Å². The molecule has 0 bridgehead atoms. The van der Waals surface area contributed by atoms with E-state index >= 15 is 0 Å². The number of anilines is 1. The van der Waals surface area contributed by atoms with Gasteiger partial charge in [-0.1, -0.05) is 36.4 Å². The molecule has 4 rings (SSSR count). The zero-order valence-corrected chi connectivity index (χ0v) is 15.2. The van der Waals surface area contributed by atoms with Crippen LogP contribution in [0.25, 0.3) is 0 Å². The number of benzene rings is 2. The van der Waals surface area contributed by atoms with E-state index in [-0.39, 0.29) is 24.5 Å². The summed E-state index contributed by atoms with van der Waals surface area (Å²) >= 11 is 0. The second-order valence-electron chi connectivity index (χ2n) is 6.85. The Hall–Kier alpha value is -3.02. The van der Waals surface area contributed by atoms with Crippen molar-refractivity contribution in [2.45, 2.75) is 25.3 Å². The Morgan fingerprint density at radius 1 is 1.22 bits per heavy atom. The number of rotatable bonds is 3. The van der Waals surface area contributed by atoms with Crippen LogP contribution in [0.15, 0.2) is 53.5 Å². The van der Waals surface area contributed by atoms with Gasteiger partial charge < -0.3 is 20.7 Å². The first kappa shape index (κ1) is 17.4. The van der Waals surface area contributed by atoms with Crippen molar-refractivity contribution in [2.75, 3.05) is 24.6 Å². The molecule has 0 saturated carbocycles. The lowest BCUT2D eigenvalue weighted by Gasteiger charge is -2.29. The van der Waals surface area contributed by atoms with Crippen LogP contribution in [0.2, 0.25) is 0 Å². The first-order valence-electron chi connectivity index (χ1n) is 9.39. The summed E-state index contributed by atoms with van der Waals surface area (Å²) in [6.45, 7) is 1.40. The van der Waals surface area contributed by atoms with Crippen molar-refractivity contribution >= 4 is 17.6 Å². The van der Waals surface area contributed by atoms with E-state index in [1.54, 1.807) is 0 Å². The Bertz CT molecular complexity index is 865. The maximum absolute atomic E-state index is 12.7. The molecule has 27 heavy (non-hydrogen) atoms. The molecule has 140 valence electrons. The lowest BCUT2D eigenvalue weighted by atomic mass is 10.0. The number of carbonyl (C=O) groups excluding carboxylic acids is 1. The fourth-order valence-corrected chi connectivity index (χ4v) is 3.75. The van der Waals surface area contributed by atoms with E-state index < -0.39 is 0 Å². The molecule has 0 aromatic heterocycles. The summed E-state index contributed by atoms with van der Waals surface area (Å²) in [7, 11) is 0. The van der Waals surface area contributed by atoms with Gasteiger partial charge in [-0.3, -0.25) is 4.79 Å². The van der Waals surface area contributed by atoms with Gasteiger partial charge in [0.2, 0.25) is 5.91 Å². The van der Waals surface area contributed by atoms with Gasteiger partial charge in [0.1, 0.15) is 12.3 Å². The number of guanidine groups is 1. The number of ether oxygens (including phenoxy) is 1. The molecule has 1 atom stereocenters. The van der Waals surface area contributed by atoms with Crippen LogP contribution < -0.4 is 20.7 Å². The number of fused-ring (bicyclic) bond motifs is 2. The minimum Gasteiger partial charge on any atom is -0.493 e. The molecule has 2 heterocycles. The molecule has 3 N–H and O–H groups in total. The number of hydrogen-bond donors (Lipinski definition) is 2. The smallest absolute Gasteiger partial charge is 0.248 e. The summed E-state index contributed by atoms with van der Waals surface area (Å²) < 4.78 is 5.66. The number of hydrogen-bond acceptors (Lipinski definition) is 3. The molecule has 0 spiro atoms. The summed E-state index contributed by atoms with van der Waals surface area (Å²) in [5.74, 6) is 1.13. The summed E-state index contributed by atoms with van der Waals surface area (Å²) in [5, 5.41) is 3.23. The van der Waals surface area contributed by atoms with Crippen LogP contribution >= 0.6 is 0 Å². The molecule has 2 aliphatic rings. The zero-order valence-electron chi connectivity index (χ0n) is 15.2. The van der Waals surface area contributed by atoms with E-state index in [0.717, 1.165) is 42.8 Å². The molecular formula is C21H24N4O2.